The molecular weight excluding hydrogens is 332 g/mol. The van der Waals surface area contributed by atoms with Crippen molar-refractivity contribution in [1.29, 1.82) is 0 Å². The molecule has 0 unspecified atom stereocenters. The van der Waals surface area contributed by atoms with E-state index in [4.69, 9.17) is 0 Å². The Kier molecular flexibility index (Phi) is 6.71. The van der Waals surface area contributed by atoms with Gasteiger partial charge in [0.15, 0.2) is 0 Å². The highest BCUT2D eigenvalue weighted by Crippen LogP contribution is 2.40. The first-order valence-electron chi connectivity index (χ1n) is 9.49. The Morgan fingerprint density at radius 1 is 0.769 bits per heavy atom. The minimum Gasteiger partial charge on any atom is -0.376 e. The Morgan fingerprint density at radius 3 is 1.96 bits per heavy atom. The number of aliphatic hydroxyl groups excluding tert-OH is 1. The molecule has 2 heteroatoms. The molecule has 2 rings (SSSR count). The molecule has 0 fully saturated rings. The van der Waals surface area contributed by atoms with Gasteiger partial charge in [0.2, 0.25) is 0 Å². The van der Waals surface area contributed by atoms with Gasteiger partial charge in [0.1, 0.15) is 14.2 Å². The molecule has 0 radical (unpaired) electrons. The van der Waals surface area contributed by atoms with Gasteiger partial charge in [0.05, 0.1) is 0 Å². The van der Waals surface area contributed by atoms with Crippen LogP contribution in [0.4, 0.5) is 0 Å². The Labute approximate surface area is 159 Å². The largest absolute Gasteiger partial charge is 0.376 e. The summed E-state index contributed by atoms with van der Waals surface area (Å²) in [5.74, 6) is 8.99. The van der Waals surface area contributed by atoms with E-state index in [9.17, 15) is 5.11 Å². The Morgan fingerprint density at radius 2 is 1.35 bits per heavy atom. The fourth-order valence-corrected chi connectivity index (χ4v) is 9.39. The summed E-state index contributed by atoms with van der Waals surface area (Å²) in [6.45, 7) is 13.7. The third kappa shape index (κ3) is 4.04. The summed E-state index contributed by atoms with van der Waals surface area (Å²) < 4.78 is 0. The molecule has 0 bridgehead atoms. The zero-order chi connectivity index (χ0) is 19.3. The molecule has 0 spiro atoms. The molecule has 0 aliphatic heterocycles. The molecule has 0 aliphatic carbocycles. The zero-order valence-corrected chi connectivity index (χ0v) is 17.8. The molecule has 1 nitrogen and oxygen atoms in total. The van der Waals surface area contributed by atoms with E-state index >= 15 is 0 Å². The minimum absolute atomic E-state index is 0.583. The molecule has 26 heavy (non-hydrogen) atoms. The van der Waals surface area contributed by atoms with Gasteiger partial charge < -0.3 is 5.11 Å². The topological polar surface area (TPSA) is 20.2 Å². The van der Waals surface area contributed by atoms with E-state index in [0.29, 0.717) is 16.6 Å². The minimum atomic E-state index is -1.77. The van der Waals surface area contributed by atoms with E-state index < -0.39 is 14.2 Å². The summed E-state index contributed by atoms with van der Waals surface area (Å²) in [5, 5.41) is 12.7. The quantitative estimate of drug-likeness (QED) is 0.515. The predicted molar refractivity (Wildman–Crippen MR) is 116 cm³/mol. The first-order chi connectivity index (χ1) is 12.3. The van der Waals surface area contributed by atoms with Crippen molar-refractivity contribution in [3.05, 3.63) is 48.0 Å². The normalized spacial score (nSPS) is 12.7. The first-order valence-corrected chi connectivity index (χ1v) is 11.7. The van der Waals surface area contributed by atoms with Gasteiger partial charge in [-0.05, 0) is 39.2 Å². The maximum Gasteiger partial charge on any atom is 0.147 e. The van der Waals surface area contributed by atoms with E-state index in [-0.39, 0.29) is 0 Å². The van der Waals surface area contributed by atoms with Gasteiger partial charge in [-0.3, -0.25) is 0 Å². The molecule has 1 atom stereocenters. The van der Waals surface area contributed by atoms with Gasteiger partial charge in [-0.1, -0.05) is 89.9 Å². The van der Waals surface area contributed by atoms with Crippen LogP contribution >= 0.6 is 0 Å². The number of fused-ring (bicyclic) bond motifs is 1. The van der Waals surface area contributed by atoms with Crippen molar-refractivity contribution in [3.63, 3.8) is 0 Å². The number of benzene rings is 2. The van der Waals surface area contributed by atoms with Gasteiger partial charge in [0.25, 0.3) is 0 Å². The van der Waals surface area contributed by atoms with Crippen molar-refractivity contribution in [1.82, 2.24) is 0 Å². The zero-order valence-electron chi connectivity index (χ0n) is 16.8. The standard InChI is InChI=1S/C24H30OSi/c1-18(2)26(19(3)4,20(5)6)17-10-9-16-24(25)23-15-11-13-21-12-7-8-14-22(21)23/h7-8,11-15,18-20,24-25H,1-6H3/t24-/m1/s1. The highest BCUT2D eigenvalue weighted by Gasteiger charge is 2.41. The molecule has 2 aromatic rings. The maximum atomic E-state index is 10.5. The average molecular weight is 363 g/mol. The molecule has 0 aromatic heterocycles. The van der Waals surface area contributed by atoms with Crippen molar-refractivity contribution in [2.75, 3.05) is 0 Å². The van der Waals surface area contributed by atoms with Crippen LogP contribution < -0.4 is 0 Å². The van der Waals surface area contributed by atoms with Crippen LogP contribution in [-0.2, 0) is 0 Å². The van der Waals surface area contributed by atoms with Crippen molar-refractivity contribution in [2.45, 2.75) is 64.3 Å². The number of rotatable bonds is 4. The van der Waals surface area contributed by atoms with Gasteiger partial charge in [-0.2, -0.15) is 0 Å². The fourth-order valence-electron chi connectivity index (χ4n) is 4.24. The van der Waals surface area contributed by atoms with Gasteiger partial charge in [0, 0.05) is 5.56 Å². The lowest BCUT2D eigenvalue weighted by Crippen LogP contribution is -2.43. The van der Waals surface area contributed by atoms with Crippen molar-refractivity contribution in [3.8, 4) is 23.3 Å². The van der Waals surface area contributed by atoms with Crippen LogP contribution in [0.5, 0.6) is 0 Å². The SMILES string of the molecule is CC(C)[Si](C#CC#C[C@@H](O)c1cccc2ccccc12)(C(C)C)C(C)C. The van der Waals surface area contributed by atoms with Crippen molar-refractivity contribution >= 4 is 18.8 Å². The van der Waals surface area contributed by atoms with Gasteiger partial charge in [-0.15, -0.1) is 5.54 Å². The van der Waals surface area contributed by atoms with Crippen LogP contribution in [0.1, 0.15) is 53.2 Å². The lowest BCUT2D eigenvalue weighted by Gasteiger charge is -2.37. The number of aliphatic hydroxyl groups is 1. The second kappa shape index (κ2) is 8.59. The van der Waals surface area contributed by atoms with Crippen LogP contribution in [0.3, 0.4) is 0 Å². The molecule has 0 aliphatic rings. The lowest BCUT2D eigenvalue weighted by atomic mass is 10.0. The molecular formula is C24H30OSi. The summed E-state index contributed by atoms with van der Waals surface area (Å²) in [6, 6.07) is 14.0. The number of hydrogen-bond donors (Lipinski definition) is 1. The molecule has 136 valence electrons. The third-order valence-electron chi connectivity index (χ3n) is 5.53. The summed E-state index contributed by atoms with van der Waals surface area (Å²) >= 11 is 0. The second-order valence-corrected chi connectivity index (χ2v) is 13.5. The Balaban J connectivity index is 2.33. The van der Waals surface area contributed by atoms with Crippen LogP contribution in [0, 0.1) is 23.3 Å². The average Bonchev–Trinajstić information content (AvgIpc) is 2.60. The van der Waals surface area contributed by atoms with Crippen molar-refractivity contribution < 1.29 is 5.11 Å². The maximum absolute atomic E-state index is 10.5. The van der Waals surface area contributed by atoms with Gasteiger partial charge >= 0.3 is 0 Å². The summed E-state index contributed by atoms with van der Waals surface area (Å²) in [5.41, 5.74) is 6.17. The fraction of sp³-hybridized carbons (Fsp3) is 0.417. The summed E-state index contributed by atoms with van der Waals surface area (Å²) in [7, 11) is -1.77. The van der Waals surface area contributed by atoms with E-state index in [2.05, 4.69) is 64.8 Å². The molecule has 0 amide bonds. The smallest absolute Gasteiger partial charge is 0.147 e. The van der Waals surface area contributed by atoms with E-state index in [0.717, 1.165) is 16.3 Å². The van der Waals surface area contributed by atoms with E-state index in [1.165, 1.54) is 0 Å². The Bertz CT molecular complexity index is 844. The van der Waals surface area contributed by atoms with Crippen molar-refractivity contribution in [2.24, 2.45) is 0 Å². The van der Waals surface area contributed by atoms with E-state index in [1.54, 1.807) is 0 Å². The van der Waals surface area contributed by atoms with Crippen LogP contribution in [0.25, 0.3) is 10.8 Å². The van der Waals surface area contributed by atoms with Crippen LogP contribution in [0.2, 0.25) is 16.6 Å². The molecule has 0 heterocycles. The van der Waals surface area contributed by atoms with Gasteiger partial charge in [-0.25, -0.2) is 0 Å². The monoisotopic (exact) mass is 362 g/mol. The highest BCUT2D eigenvalue weighted by atomic mass is 28.3. The predicted octanol–water partition coefficient (Wildman–Crippen LogP) is 6.10. The lowest BCUT2D eigenvalue weighted by molar-refractivity contribution is 0.240. The Hall–Kier alpha value is -2.00. The first kappa shape index (κ1) is 20.3. The molecule has 0 saturated carbocycles. The highest BCUT2D eigenvalue weighted by molar-refractivity contribution is 6.90. The second-order valence-electron chi connectivity index (χ2n) is 7.89. The number of hydrogen-bond acceptors (Lipinski definition) is 1. The van der Waals surface area contributed by atoms with E-state index in [1.807, 2.05) is 42.5 Å². The summed E-state index contributed by atoms with van der Waals surface area (Å²) in [6.07, 6.45) is -0.816. The van der Waals surface area contributed by atoms with Crippen LogP contribution in [0.15, 0.2) is 42.5 Å². The molecule has 1 N–H and O–H groups in total. The third-order valence-corrected chi connectivity index (χ3v) is 11.8. The van der Waals surface area contributed by atoms with Crippen LogP contribution in [-0.4, -0.2) is 13.2 Å². The molecule has 0 saturated heterocycles. The molecule has 2 aromatic carbocycles. The summed E-state index contributed by atoms with van der Waals surface area (Å²) in [4.78, 5) is 0.